The summed E-state index contributed by atoms with van der Waals surface area (Å²) >= 11 is 3.43. The summed E-state index contributed by atoms with van der Waals surface area (Å²) in [6.07, 6.45) is 4.20. The van der Waals surface area contributed by atoms with Crippen LogP contribution in [0.2, 0.25) is 0 Å². The fraction of sp³-hybridized carbons (Fsp3) is 0.103. The Labute approximate surface area is 231 Å². The summed E-state index contributed by atoms with van der Waals surface area (Å²) in [7, 11) is 0. The van der Waals surface area contributed by atoms with Gasteiger partial charge in [0.05, 0.1) is 15.5 Å². The lowest BCUT2D eigenvalue weighted by molar-refractivity contribution is -0.385. The largest absolute Gasteiger partial charge is 0.339 e. The monoisotopic (exact) mass is 581 g/mol. The van der Waals surface area contributed by atoms with Crippen molar-refractivity contribution in [3.8, 4) is 17.2 Å². The van der Waals surface area contributed by atoms with Crippen LogP contribution in [0.25, 0.3) is 22.8 Å². The Morgan fingerprint density at radius 3 is 2.10 bits per heavy atom. The van der Waals surface area contributed by atoms with Gasteiger partial charge in [-0.05, 0) is 96.1 Å². The average molecular weight is 582 g/mol. The van der Waals surface area contributed by atoms with Gasteiger partial charge in [-0.1, -0.05) is 15.9 Å². The van der Waals surface area contributed by atoms with Gasteiger partial charge in [-0.25, -0.2) is 4.98 Å². The number of aromatic nitrogens is 1. The summed E-state index contributed by atoms with van der Waals surface area (Å²) in [5, 5.41) is 35.9. The fourth-order valence-electron chi connectivity index (χ4n) is 4.68. The van der Waals surface area contributed by atoms with Crippen LogP contribution >= 0.6 is 15.9 Å². The van der Waals surface area contributed by atoms with E-state index in [0.717, 1.165) is 45.4 Å². The lowest BCUT2D eigenvalue weighted by Gasteiger charge is -2.24. The summed E-state index contributed by atoms with van der Waals surface area (Å²) in [5.74, 6) is 0.378. The van der Waals surface area contributed by atoms with Crippen molar-refractivity contribution in [1.82, 2.24) is 4.98 Å². The SMILES string of the molecule is N#Cc1c(Nc2ccc(Br)cc2)nc2c(c1-c1ccc([N+](=O)[O-])cc1)CCC/C2=C\c1ccc([N+](=O)[O-])cc1. The number of nitro groups is 2. The summed E-state index contributed by atoms with van der Waals surface area (Å²) in [4.78, 5) is 26.4. The van der Waals surface area contributed by atoms with E-state index in [1.165, 1.54) is 24.3 Å². The van der Waals surface area contributed by atoms with Crippen LogP contribution in [0.15, 0.2) is 77.3 Å². The molecule has 0 radical (unpaired) electrons. The number of nitro benzene ring substituents is 2. The molecule has 0 saturated carbocycles. The second-order valence-electron chi connectivity index (χ2n) is 8.96. The number of benzene rings is 3. The van der Waals surface area contributed by atoms with Gasteiger partial charge in [0, 0.05) is 40.0 Å². The van der Waals surface area contributed by atoms with E-state index < -0.39 is 9.85 Å². The number of hydrogen-bond donors (Lipinski definition) is 1. The maximum absolute atomic E-state index is 11.2. The summed E-state index contributed by atoms with van der Waals surface area (Å²) < 4.78 is 0.909. The van der Waals surface area contributed by atoms with E-state index in [9.17, 15) is 25.5 Å². The number of hydrogen-bond acceptors (Lipinski definition) is 7. The van der Waals surface area contributed by atoms with Crippen molar-refractivity contribution in [3.63, 3.8) is 0 Å². The lowest BCUT2D eigenvalue weighted by atomic mass is 9.83. The minimum absolute atomic E-state index is 0.0134. The molecule has 9 nitrogen and oxygen atoms in total. The normalized spacial score (nSPS) is 13.4. The van der Waals surface area contributed by atoms with Crippen LogP contribution in [-0.4, -0.2) is 14.8 Å². The third kappa shape index (κ3) is 5.39. The van der Waals surface area contributed by atoms with Crippen LogP contribution in [-0.2, 0) is 6.42 Å². The summed E-state index contributed by atoms with van der Waals surface area (Å²) in [6.45, 7) is 0. The number of anilines is 2. The highest BCUT2D eigenvalue weighted by Gasteiger charge is 2.26. The zero-order valence-corrected chi connectivity index (χ0v) is 22.0. The van der Waals surface area contributed by atoms with Crippen LogP contribution in [0.4, 0.5) is 22.9 Å². The van der Waals surface area contributed by atoms with Gasteiger partial charge in [0.25, 0.3) is 11.4 Å². The third-order valence-electron chi connectivity index (χ3n) is 6.51. The molecule has 0 bridgehead atoms. The second kappa shape index (κ2) is 10.8. The van der Waals surface area contributed by atoms with Crippen molar-refractivity contribution in [1.29, 1.82) is 5.26 Å². The molecule has 3 aromatic carbocycles. The Balaban J connectivity index is 1.70. The standard InChI is InChI=1S/C29H20BrN5O4/c30-21-8-10-22(11-9-21)32-29-26(17-31)27(19-6-14-24(15-7-19)35(38)39)25-3-1-2-20(28(25)33-29)16-18-4-12-23(13-5-18)34(36)37/h4-16H,1-3H2,(H,32,33)/b20-16+. The van der Waals surface area contributed by atoms with Crippen molar-refractivity contribution >= 4 is 50.5 Å². The molecule has 1 aromatic heterocycles. The van der Waals surface area contributed by atoms with Gasteiger partial charge in [-0.15, -0.1) is 0 Å². The van der Waals surface area contributed by atoms with E-state index in [-0.39, 0.29) is 11.4 Å². The number of rotatable bonds is 6. The molecule has 39 heavy (non-hydrogen) atoms. The van der Waals surface area contributed by atoms with Gasteiger partial charge >= 0.3 is 0 Å². The number of allylic oxidation sites excluding steroid dienone is 1. The maximum atomic E-state index is 11.2. The first-order chi connectivity index (χ1) is 18.8. The van der Waals surface area contributed by atoms with Gasteiger partial charge in [0.2, 0.25) is 0 Å². The zero-order valence-electron chi connectivity index (χ0n) is 20.4. The third-order valence-corrected chi connectivity index (χ3v) is 7.03. The molecule has 4 aromatic rings. The minimum Gasteiger partial charge on any atom is -0.339 e. The number of nitrogens with zero attached hydrogens (tertiary/aromatic N) is 4. The van der Waals surface area contributed by atoms with E-state index in [1.807, 2.05) is 30.3 Å². The van der Waals surface area contributed by atoms with Gasteiger partial charge in [0.1, 0.15) is 17.5 Å². The van der Waals surface area contributed by atoms with Crippen LogP contribution in [0.3, 0.4) is 0 Å². The molecule has 10 heteroatoms. The van der Waals surface area contributed by atoms with Crippen LogP contribution in [0, 0.1) is 31.6 Å². The van der Waals surface area contributed by atoms with Crippen molar-refractivity contribution in [3.05, 3.63) is 120 Å². The topological polar surface area (TPSA) is 135 Å². The maximum Gasteiger partial charge on any atom is 0.269 e. The number of halogens is 1. The number of non-ortho nitro benzene ring substituents is 2. The van der Waals surface area contributed by atoms with Crippen LogP contribution in [0.5, 0.6) is 0 Å². The molecule has 1 aliphatic rings. The van der Waals surface area contributed by atoms with E-state index >= 15 is 0 Å². The number of pyridine rings is 1. The van der Waals surface area contributed by atoms with Gasteiger partial charge in [-0.3, -0.25) is 20.2 Å². The lowest BCUT2D eigenvalue weighted by Crippen LogP contribution is -2.11. The Morgan fingerprint density at radius 2 is 1.51 bits per heavy atom. The molecule has 1 aliphatic carbocycles. The van der Waals surface area contributed by atoms with Crippen molar-refractivity contribution in [2.45, 2.75) is 19.3 Å². The molecule has 0 fully saturated rings. The van der Waals surface area contributed by atoms with Gasteiger partial charge in [0.15, 0.2) is 0 Å². The molecule has 0 spiro atoms. The van der Waals surface area contributed by atoms with E-state index in [0.29, 0.717) is 28.9 Å². The number of nitriles is 1. The summed E-state index contributed by atoms with van der Waals surface area (Å²) in [6, 6.07) is 22.3. The summed E-state index contributed by atoms with van der Waals surface area (Å²) in [5.41, 5.74) is 5.80. The smallest absolute Gasteiger partial charge is 0.269 e. The van der Waals surface area contributed by atoms with Crippen molar-refractivity contribution in [2.75, 3.05) is 5.32 Å². The molecule has 0 amide bonds. The predicted octanol–water partition coefficient (Wildman–Crippen LogP) is 7.82. The van der Waals surface area contributed by atoms with Crippen LogP contribution < -0.4 is 5.32 Å². The fourth-order valence-corrected chi connectivity index (χ4v) is 4.94. The average Bonchev–Trinajstić information content (AvgIpc) is 2.94. The van der Waals surface area contributed by atoms with Crippen molar-refractivity contribution in [2.24, 2.45) is 0 Å². The predicted molar refractivity (Wildman–Crippen MR) is 152 cm³/mol. The molecule has 0 unspecified atom stereocenters. The quantitative estimate of drug-likeness (QED) is 0.181. The van der Waals surface area contributed by atoms with Crippen molar-refractivity contribution < 1.29 is 9.85 Å². The molecule has 1 heterocycles. The Bertz CT molecular complexity index is 1660. The van der Waals surface area contributed by atoms with E-state index in [2.05, 4.69) is 27.3 Å². The molecular weight excluding hydrogens is 562 g/mol. The molecule has 1 N–H and O–H groups in total. The molecule has 0 atom stereocenters. The van der Waals surface area contributed by atoms with Gasteiger partial charge < -0.3 is 5.32 Å². The molecule has 192 valence electrons. The van der Waals surface area contributed by atoms with Gasteiger partial charge in [-0.2, -0.15) is 5.26 Å². The first kappa shape index (κ1) is 25.8. The molecule has 0 saturated heterocycles. The molecule has 0 aliphatic heterocycles. The Morgan fingerprint density at radius 1 is 0.897 bits per heavy atom. The highest BCUT2D eigenvalue weighted by molar-refractivity contribution is 9.10. The number of fused-ring (bicyclic) bond motifs is 1. The Hall–Kier alpha value is -4.88. The molecule has 5 rings (SSSR count). The highest BCUT2D eigenvalue weighted by Crippen LogP contribution is 2.42. The number of nitrogens with one attached hydrogen (secondary N) is 1. The first-order valence-corrected chi connectivity index (χ1v) is 12.8. The van der Waals surface area contributed by atoms with E-state index in [4.69, 9.17) is 4.98 Å². The zero-order chi connectivity index (χ0) is 27.5. The second-order valence-corrected chi connectivity index (χ2v) is 9.87. The molecular formula is C29H20BrN5O4. The minimum atomic E-state index is -0.456. The van der Waals surface area contributed by atoms with Crippen LogP contribution in [0.1, 0.15) is 35.2 Å². The highest BCUT2D eigenvalue weighted by atomic mass is 79.9. The Kier molecular flexibility index (Phi) is 7.17. The first-order valence-electron chi connectivity index (χ1n) is 12.0. The van der Waals surface area contributed by atoms with E-state index in [1.54, 1.807) is 24.3 Å².